The molecule has 5 nitrogen and oxygen atoms in total. The third kappa shape index (κ3) is 5.20. The van der Waals surface area contributed by atoms with Gasteiger partial charge in [-0.2, -0.15) is 0 Å². The summed E-state index contributed by atoms with van der Waals surface area (Å²) in [6, 6.07) is 14.5. The zero-order valence-corrected chi connectivity index (χ0v) is 17.2. The van der Waals surface area contributed by atoms with Gasteiger partial charge in [-0.05, 0) is 23.4 Å². The molecule has 1 aromatic carbocycles. The molecule has 6 heteroatoms. The van der Waals surface area contributed by atoms with Gasteiger partial charge in [0.2, 0.25) is 0 Å². The lowest BCUT2D eigenvalue weighted by Gasteiger charge is -2.36. The molecule has 2 saturated heterocycles. The number of rotatable bonds is 5. The van der Waals surface area contributed by atoms with Gasteiger partial charge < -0.3 is 9.64 Å². The molecule has 2 aliphatic rings. The Bertz CT molecular complexity index is 730. The van der Waals surface area contributed by atoms with E-state index < -0.39 is 0 Å². The van der Waals surface area contributed by atoms with Crippen LogP contribution in [-0.4, -0.2) is 79.1 Å². The second-order valence-electron chi connectivity index (χ2n) is 7.64. The van der Waals surface area contributed by atoms with Crippen LogP contribution in [0.3, 0.4) is 0 Å². The average Bonchev–Trinajstić information content (AvgIpc) is 3.18. The lowest BCUT2D eigenvalue weighted by Crippen LogP contribution is -2.51. The van der Waals surface area contributed by atoms with Crippen molar-refractivity contribution >= 4 is 17.2 Å². The fourth-order valence-electron chi connectivity index (χ4n) is 4.04. The minimum absolute atomic E-state index is 0.175. The van der Waals surface area contributed by atoms with E-state index in [1.165, 1.54) is 16.9 Å². The fraction of sp³-hybridized carbons (Fsp3) is 0.500. The monoisotopic (exact) mass is 399 g/mol. The molecule has 4 rings (SSSR count). The van der Waals surface area contributed by atoms with Gasteiger partial charge in [0.25, 0.3) is 5.91 Å². The van der Waals surface area contributed by atoms with Crippen LogP contribution in [0.5, 0.6) is 0 Å². The Morgan fingerprint density at radius 3 is 2.57 bits per heavy atom. The highest BCUT2D eigenvalue weighted by atomic mass is 32.1. The number of hydrogen-bond donors (Lipinski definition) is 0. The van der Waals surface area contributed by atoms with E-state index in [4.69, 9.17) is 4.74 Å². The first-order valence-electron chi connectivity index (χ1n) is 10.2. The number of benzene rings is 1. The Balaban J connectivity index is 1.26. The number of hydrogen-bond acceptors (Lipinski definition) is 5. The maximum absolute atomic E-state index is 12.5. The van der Waals surface area contributed by atoms with Gasteiger partial charge in [0.1, 0.15) is 0 Å². The second-order valence-corrected chi connectivity index (χ2v) is 8.58. The standard InChI is InChI=1S/C22H29N3O2S/c26-22(21-8-4-15-28-21)25-12-10-23(11-13-25)17-20-18-24(9-5-14-27-20)16-19-6-2-1-3-7-19/h1-4,6-8,15,20H,5,9-14,16-18H2. The van der Waals surface area contributed by atoms with E-state index in [1.807, 2.05) is 22.4 Å². The molecule has 2 aliphatic heterocycles. The van der Waals surface area contributed by atoms with Crippen molar-refractivity contribution in [2.24, 2.45) is 0 Å². The molecule has 1 amide bonds. The largest absolute Gasteiger partial charge is 0.376 e. The third-order valence-corrected chi connectivity index (χ3v) is 6.39. The van der Waals surface area contributed by atoms with E-state index in [-0.39, 0.29) is 12.0 Å². The van der Waals surface area contributed by atoms with Crippen LogP contribution in [0.2, 0.25) is 0 Å². The van der Waals surface area contributed by atoms with Crippen LogP contribution in [-0.2, 0) is 11.3 Å². The molecule has 1 atom stereocenters. The van der Waals surface area contributed by atoms with Crippen LogP contribution in [0, 0.1) is 0 Å². The number of nitrogens with zero attached hydrogens (tertiary/aromatic N) is 3. The molecule has 0 spiro atoms. The van der Waals surface area contributed by atoms with Crippen molar-refractivity contribution in [3.05, 3.63) is 58.3 Å². The summed E-state index contributed by atoms with van der Waals surface area (Å²) in [5.74, 6) is 0.175. The zero-order valence-electron chi connectivity index (χ0n) is 16.3. The van der Waals surface area contributed by atoms with Crippen molar-refractivity contribution < 1.29 is 9.53 Å². The molecule has 3 heterocycles. The summed E-state index contributed by atoms with van der Waals surface area (Å²) >= 11 is 1.53. The summed E-state index contributed by atoms with van der Waals surface area (Å²) in [6.45, 7) is 8.31. The minimum atomic E-state index is 0.175. The predicted molar refractivity (Wildman–Crippen MR) is 113 cm³/mol. The molecule has 2 aromatic rings. The lowest BCUT2D eigenvalue weighted by atomic mass is 10.2. The summed E-state index contributed by atoms with van der Waals surface area (Å²) in [4.78, 5) is 20.3. The highest BCUT2D eigenvalue weighted by Crippen LogP contribution is 2.16. The normalized spacial score (nSPS) is 22.1. The van der Waals surface area contributed by atoms with Gasteiger partial charge in [-0.25, -0.2) is 0 Å². The molecule has 1 aromatic heterocycles. The van der Waals surface area contributed by atoms with Crippen LogP contribution in [0.4, 0.5) is 0 Å². The Hall–Kier alpha value is -1.73. The zero-order chi connectivity index (χ0) is 19.2. The summed E-state index contributed by atoms with van der Waals surface area (Å²) < 4.78 is 6.14. The summed E-state index contributed by atoms with van der Waals surface area (Å²) in [5.41, 5.74) is 1.36. The van der Waals surface area contributed by atoms with Crippen molar-refractivity contribution in [2.75, 3.05) is 52.4 Å². The van der Waals surface area contributed by atoms with E-state index in [0.717, 1.165) is 70.3 Å². The molecule has 1 unspecified atom stereocenters. The lowest BCUT2D eigenvalue weighted by molar-refractivity contribution is 0.0135. The van der Waals surface area contributed by atoms with Gasteiger partial charge in [-0.15, -0.1) is 11.3 Å². The van der Waals surface area contributed by atoms with Crippen molar-refractivity contribution in [1.82, 2.24) is 14.7 Å². The first-order chi connectivity index (χ1) is 13.8. The van der Waals surface area contributed by atoms with Gasteiger partial charge in [0.05, 0.1) is 11.0 Å². The Morgan fingerprint density at radius 2 is 1.82 bits per heavy atom. The minimum Gasteiger partial charge on any atom is -0.376 e. The molecular formula is C22H29N3O2S. The van der Waals surface area contributed by atoms with Crippen molar-refractivity contribution in [2.45, 2.75) is 19.1 Å². The highest BCUT2D eigenvalue weighted by molar-refractivity contribution is 7.12. The quantitative estimate of drug-likeness (QED) is 0.775. The molecule has 150 valence electrons. The van der Waals surface area contributed by atoms with Crippen molar-refractivity contribution in [1.29, 1.82) is 0 Å². The van der Waals surface area contributed by atoms with E-state index in [9.17, 15) is 4.79 Å². The number of piperazine rings is 1. The summed E-state index contributed by atoms with van der Waals surface area (Å²) in [5, 5.41) is 1.97. The van der Waals surface area contributed by atoms with Crippen molar-refractivity contribution in [3.8, 4) is 0 Å². The molecule has 0 N–H and O–H groups in total. The maximum Gasteiger partial charge on any atom is 0.264 e. The predicted octanol–water partition coefficient (Wildman–Crippen LogP) is 2.80. The van der Waals surface area contributed by atoms with Gasteiger partial charge in [-0.1, -0.05) is 36.4 Å². The van der Waals surface area contributed by atoms with Gasteiger partial charge >= 0.3 is 0 Å². The topological polar surface area (TPSA) is 36.0 Å². The molecule has 0 bridgehead atoms. The first-order valence-corrected chi connectivity index (χ1v) is 11.1. The van der Waals surface area contributed by atoms with Gasteiger partial charge in [-0.3, -0.25) is 14.6 Å². The third-order valence-electron chi connectivity index (χ3n) is 5.54. The van der Waals surface area contributed by atoms with Crippen LogP contribution in [0.15, 0.2) is 47.8 Å². The molecule has 28 heavy (non-hydrogen) atoms. The van der Waals surface area contributed by atoms with Crippen molar-refractivity contribution in [3.63, 3.8) is 0 Å². The molecule has 0 radical (unpaired) electrons. The Labute approximate surface area is 171 Å². The van der Waals surface area contributed by atoms with Crippen LogP contribution in [0.1, 0.15) is 21.7 Å². The van der Waals surface area contributed by atoms with E-state index in [1.54, 1.807) is 0 Å². The number of thiophene rings is 1. The van der Waals surface area contributed by atoms with Crippen LogP contribution >= 0.6 is 11.3 Å². The number of amides is 1. The fourth-order valence-corrected chi connectivity index (χ4v) is 4.73. The summed E-state index contributed by atoms with van der Waals surface area (Å²) in [7, 11) is 0. The molecule has 0 saturated carbocycles. The Morgan fingerprint density at radius 1 is 1.00 bits per heavy atom. The summed E-state index contributed by atoms with van der Waals surface area (Å²) in [6.07, 6.45) is 1.33. The molecule has 2 fully saturated rings. The SMILES string of the molecule is O=C(c1cccs1)N1CCN(CC2CN(Cc3ccccc3)CCCO2)CC1. The number of carbonyl (C=O) groups excluding carboxylic acids is 1. The number of carbonyl (C=O) groups is 1. The molecule has 0 aliphatic carbocycles. The average molecular weight is 400 g/mol. The second kappa shape index (κ2) is 9.65. The smallest absolute Gasteiger partial charge is 0.264 e. The Kier molecular flexibility index (Phi) is 6.75. The van der Waals surface area contributed by atoms with Gasteiger partial charge in [0.15, 0.2) is 0 Å². The van der Waals surface area contributed by atoms with E-state index in [0.29, 0.717) is 0 Å². The van der Waals surface area contributed by atoms with E-state index in [2.05, 4.69) is 40.1 Å². The number of ether oxygens (including phenoxy) is 1. The molecular weight excluding hydrogens is 370 g/mol. The van der Waals surface area contributed by atoms with Crippen LogP contribution < -0.4 is 0 Å². The first kappa shape index (κ1) is 19.6. The van der Waals surface area contributed by atoms with Crippen LogP contribution in [0.25, 0.3) is 0 Å². The maximum atomic E-state index is 12.5. The highest BCUT2D eigenvalue weighted by Gasteiger charge is 2.26. The van der Waals surface area contributed by atoms with E-state index >= 15 is 0 Å². The van der Waals surface area contributed by atoms with Gasteiger partial charge in [0, 0.05) is 59.0 Å².